The Kier molecular flexibility index (Phi) is 6.68. The van der Waals surface area contributed by atoms with Crippen molar-refractivity contribution in [2.24, 2.45) is 5.14 Å². The molecule has 3 N–H and O–H groups in total. The van der Waals surface area contributed by atoms with Crippen LogP contribution >= 0.6 is 11.6 Å². The van der Waals surface area contributed by atoms with Gasteiger partial charge in [-0.25, -0.2) is 22.9 Å². The number of nitrogens with two attached hydrogens (primary N) is 1. The monoisotopic (exact) mass is 491 g/mol. The number of nitrogens with one attached hydrogen (secondary N) is 1. The Morgan fingerprint density at radius 1 is 1.18 bits per heavy atom. The zero-order valence-electron chi connectivity index (χ0n) is 16.4. The van der Waals surface area contributed by atoms with Crippen molar-refractivity contribution in [3.63, 3.8) is 0 Å². The minimum Gasteiger partial charge on any atom is -0.412 e. The molecule has 172 valence electrons. The van der Waals surface area contributed by atoms with Gasteiger partial charge in [0.15, 0.2) is 5.65 Å². The second kappa shape index (κ2) is 9.14. The largest absolute Gasteiger partial charge is 0.412 e. The number of halogens is 2. The molecule has 0 bridgehead atoms. The number of pyridine rings is 1. The van der Waals surface area contributed by atoms with Crippen LogP contribution in [0.3, 0.4) is 0 Å². The Bertz CT molecular complexity index is 1510. The Labute approximate surface area is 193 Å². The van der Waals surface area contributed by atoms with Crippen LogP contribution in [0.15, 0.2) is 64.4 Å². The molecule has 4 aromatic rings. The van der Waals surface area contributed by atoms with E-state index in [1.165, 1.54) is 55.8 Å². The second-order valence-electron chi connectivity index (χ2n) is 6.61. The molecule has 2 aromatic carbocycles. The van der Waals surface area contributed by atoms with Crippen molar-refractivity contribution in [2.45, 2.75) is 12.3 Å². The topological polar surface area (TPSA) is 129 Å². The lowest BCUT2D eigenvalue weighted by atomic mass is 10.1. The summed E-state index contributed by atoms with van der Waals surface area (Å²) in [6.07, 6.45) is 1.40. The van der Waals surface area contributed by atoms with Crippen LogP contribution in [0.25, 0.3) is 22.2 Å². The van der Waals surface area contributed by atoms with Gasteiger partial charge in [0.05, 0.1) is 15.5 Å². The van der Waals surface area contributed by atoms with Gasteiger partial charge in [0, 0.05) is 22.8 Å². The lowest BCUT2D eigenvalue weighted by molar-refractivity contribution is 0.168. The number of sulfonamides is 1. The highest BCUT2D eigenvalue weighted by Crippen LogP contribution is 2.30. The first-order valence-corrected chi connectivity index (χ1v) is 10.9. The third-order valence-corrected chi connectivity index (χ3v) is 5.76. The van der Waals surface area contributed by atoms with Gasteiger partial charge in [-0.05, 0) is 36.4 Å². The highest BCUT2D eigenvalue weighted by atomic mass is 35.5. The van der Waals surface area contributed by atoms with Crippen molar-refractivity contribution in [1.29, 1.82) is 0 Å². The SMILES string of the molecule is C.COn1c(=O)c(-c2c(F)cccc2Cl)cc2cnc(Nc3cccc(S(N)(=O)=O)c3)nc21. The van der Waals surface area contributed by atoms with Crippen molar-refractivity contribution in [3.05, 3.63) is 75.9 Å². The van der Waals surface area contributed by atoms with Crippen LogP contribution in [0.5, 0.6) is 0 Å². The van der Waals surface area contributed by atoms with E-state index in [1.54, 1.807) is 6.07 Å². The Balaban J connectivity index is 0.00000306. The van der Waals surface area contributed by atoms with E-state index in [-0.39, 0.29) is 40.1 Å². The molecule has 33 heavy (non-hydrogen) atoms. The van der Waals surface area contributed by atoms with Crippen molar-refractivity contribution in [1.82, 2.24) is 14.7 Å². The first-order valence-electron chi connectivity index (χ1n) is 9.00. The quantitative estimate of drug-likeness (QED) is 0.438. The molecule has 0 aliphatic heterocycles. The normalized spacial score (nSPS) is 11.2. The maximum Gasteiger partial charge on any atom is 0.293 e. The van der Waals surface area contributed by atoms with E-state index in [2.05, 4.69) is 15.3 Å². The number of benzene rings is 2. The van der Waals surface area contributed by atoms with E-state index in [0.717, 1.165) is 4.73 Å². The molecule has 12 heteroatoms. The van der Waals surface area contributed by atoms with Gasteiger partial charge in [-0.3, -0.25) is 4.79 Å². The molecular weight excluding hydrogens is 473 g/mol. The maximum atomic E-state index is 14.4. The molecule has 0 radical (unpaired) electrons. The summed E-state index contributed by atoms with van der Waals surface area (Å²) >= 11 is 6.12. The molecule has 4 rings (SSSR count). The summed E-state index contributed by atoms with van der Waals surface area (Å²) in [6, 6.07) is 11.3. The highest BCUT2D eigenvalue weighted by Gasteiger charge is 2.19. The van der Waals surface area contributed by atoms with Gasteiger partial charge in [0.25, 0.3) is 5.56 Å². The van der Waals surface area contributed by atoms with Gasteiger partial charge in [-0.15, -0.1) is 4.73 Å². The molecule has 2 aromatic heterocycles. The van der Waals surface area contributed by atoms with Gasteiger partial charge in [0.1, 0.15) is 12.9 Å². The summed E-state index contributed by atoms with van der Waals surface area (Å²) in [5.41, 5.74) is -0.292. The molecule has 0 fully saturated rings. The number of fused-ring (bicyclic) bond motifs is 1. The van der Waals surface area contributed by atoms with E-state index in [9.17, 15) is 17.6 Å². The summed E-state index contributed by atoms with van der Waals surface area (Å²) in [5, 5.41) is 8.45. The lowest BCUT2D eigenvalue weighted by Gasteiger charge is -2.13. The van der Waals surface area contributed by atoms with Crippen LogP contribution in [-0.4, -0.2) is 30.2 Å². The van der Waals surface area contributed by atoms with Crippen LogP contribution in [0.4, 0.5) is 16.0 Å². The molecule has 0 amide bonds. The smallest absolute Gasteiger partial charge is 0.293 e. The summed E-state index contributed by atoms with van der Waals surface area (Å²) in [6.45, 7) is 0. The van der Waals surface area contributed by atoms with Crippen LogP contribution in [-0.2, 0) is 10.0 Å². The Morgan fingerprint density at radius 2 is 1.91 bits per heavy atom. The van der Waals surface area contributed by atoms with Crippen LogP contribution in [0.1, 0.15) is 7.43 Å². The van der Waals surface area contributed by atoms with Crippen molar-refractivity contribution in [3.8, 4) is 11.1 Å². The molecule has 0 spiro atoms. The van der Waals surface area contributed by atoms with E-state index in [4.69, 9.17) is 21.6 Å². The van der Waals surface area contributed by atoms with E-state index in [0.29, 0.717) is 11.1 Å². The molecule has 2 heterocycles. The minimum atomic E-state index is -3.89. The van der Waals surface area contributed by atoms with Crippen LogP contribution in [0, 0.1) is 5.82 Å². The number of nitrogens with zero attached hydrogens (tertiary/aromatic N) is 3. The lowest BCUT2D eigenvalue weighted by Crippen LogP contribution is -2.27. The van der Waals surface area contributed by atoms with Gasteiger partial charge < -0.3 is 10.2 Å². The average molecular weight is 492 g/mol. The molecule has 0 aliphatic carbocycles. The molecular formula is C21H19ClFN5O4S. The fourth-order valence-electron chi connectivity index (χ4n) is 3.11. The molecule has 9 nitrogen and oxygen atoms in total. The van der Waals surface area contributed by atoms with Gasteiger partial charge in [-0.1, -0.05) is 31.2 Å². The van der Waals surface area contributed by atoms with Crippen molar-refractivity contribution < 1.29 is 17.6 Å². The fourth-order valence-corrected chi connectivity index (χ4v) is 3.94. The molecule has 0 saturated carbocycles. The van der Waals surface area contributed by atoms with Crippen LogP contribution < -0.4 is 20.9 Å². The second-order valence-corrected chi connectivity index (χ2v) is 8.58. The van der Waals surface area contributed by atoms with E-state index in [1.807, 2.05) is 0 Å². The molecule has 0 aliphatic rings. The standard InChI is InChI=1S/C20H15ClFN5O4S.CH4/c1-31-27-18-11(8-14(19(27)28)17-15(21)6-3-7-16(17)22)10-24-20(26-18)25-12-4-2-5-13(9-12)32(23,29)30;/h2-10H,1H3,(H2,23,29,30)(H,24,25,26);1H4. The van der Waals surface area contributed by atoms with E-state index >= 15 is 0 Å². The Hall–Kier alpha value is -3.54. The number of hydrogen-bond donors (Lipinski definition) is 2. The molecule has 0 atom stereocenters. The summed E-state index contributed by atoms with van der Waals surface area (Å²) < 4.78 is 38.4. The fraction of sp³-hybridized carbons (Fsp3) is 0.0952. The molecule has 0 unspecified atom stereocenters. The Morgan fingerprint density at radius 3 is 2.58 bits per heavy atom. The number of hydrogen-bond acceptors (Lipinski definition) is 7. The highest BCUT2D eigenvalue weighted by molar-refractivity contribution is 7.89. The van der Waals surface area contributed by atoms with Gasteiger partial charge >= 0.3 is 0 Å². The number of anilines is 2. The summed E-state index contributed by atoms with van der Waals surface area (Å²) in [4.78, 5) is 26.6. The summed E-state index contributed by atoms with van der Waals surface area (Å²) in [5.74, 6) is -0.600. The van der Waals surface area contributed by atoms with Gasteiger partial charge in [-0.2, -0.15) is 4.98 Å². The first kappa shape index (κ1) is 24.1. The zero-order valence-corrected chi connectivity index (χ0v) is 18.0. The predicted octanol–water partition coefficient (Wildman–Crippen LogP) is 3.34. The molecule has 0 saturated heterocycles. The minimum absolute atomic E-state index is 0. The maximum absolute atomic E-state index is 14.4. The summed E-state index contributed by atoms with van der Waals surface area (Å²) in [7, 11) is -2.63. The van der Waals surface area contributed by atoms with E-state index < -0.39 is 21.4 Å². The van der Waals surface area contributed by atoms with Gasteiger partial charge in [0.2, 0.25) is 16.0 Å². The zero-order chi connectivity index (χ0) is 23.0. The first-order chi connectivity index (χ1) is 15.2. The van der Waals surface area contributed by atoms with Crippen molar-refractivity contribution in [2.75, 3.05) is 12.4 Å². The number of primary sulfonamides is 1. The number of rotatable bonds is 5. The predicted molar refractivity (Wildman–Crippen MR) is 125 cm³/mol. The number of aromatic nitrogens is 3. The third kappa shape index (κ3) is 4.65. The average Bonchev–Trinajstić information content (AvgIpc) is 2.74. The van der Waals surface area contributed by atoms with Crippen LogP contribution in [0.2, 0.25) is 5.02 Å². The van der Waals surface area contributed by atoms with Crippen molar-refractivity contribution >= 4 is 44.3 Å². The third-order valence-electron chi connectivity index (χ3n) is 4.54.